The zero-order valence-corrected chi connectivity index (χ0v) is 6.59. The van der Waals surface area contributed by atoms with Crippen molar-refractivity contribution in [3.63, 3.8) is 0 Å². The summed E-state index contributed by atoms with van der Waals surface area (Å²) in [5, 5.41) is 0. The molecule has 1 aromatic heterocycles. The Morgan fingerprint density at radius 2 is 2.00 bits per heavy atom. The Labute approximate surface area is 75.3 Å². The molecule has 0 spiro atoms. The van der Waals surface area contributed by atoms with E-state index in [1.807, 2.05) is 4.98 Å². The van der Waals surface area contributed by atoms with Gasteiger partial charge in [-0.2, -0.15) is 0 Å². The molecule has 0 radical (unpaired) electrons. The first kappa shape index (κ1) is 10.3. The lowest BCUT2D eigenvalue weighted by molar-refractivity contribution is -0.276. The highest BCUT2D eigenvalue weighted by atomic mass is 19.4. The second kappa shape index (κ2) is 3.52. The first-order valence-corrected chi connectivity index (χ1v) is 3.36. The van der Waals surface area contributed by atoms with Gasteiger partial charge in [0.2, 0.25) is 5.88 Å². The second-order valence-electron chi connectivity index (χ2n) is 2.30. The molecule has 1 N–H and O–H groups in total. The number of aldehydes is 1. The Hall–Kier alpha value is -1.79. The molecule has 4 nitrogen and oxygen atoms in total. The van der Waals surface area contributed by atoms with Crippen LogP contribution in [0.1, 0.15) is 10.5 Å². The molecule has 7 heteroatoms. The average Bonchev–Trinajstić information content (AvgIpc) is 1.99. The number of carbonyl (C=O) groups excluding carboxylic acids is 1. The summed E-state index contributed by atoms with van der Waals surface area (Å²) in [6, 6.07) is 1.46. The third kappa shape index (κ3) is 2.92. The van der Waals surface area contributed by atoms with E-state index in [4.69, 9.17) is 0 Å². The molecule has 0 fully saturated rings. The molecular weight excluding hydrogens is 203 g/mol. The van der Waals surface area contributed by atoms with Gasteiger partial charge in [0.1, 0.15) is 0 Å². The van der Waals surface area contributed by atoms with Crippen molar-refractivity contribution in [2.75, 3.05) is 0 Å². The molecule has 1 aromatic rings. The van der Waals surface area contributed by atoms with Crippen molar-refractivity contribution in [1.82, 2.24) is 4.98 Å². The maximum absolute atomic E-state index is 11.7. The van der Waals surface area contributed by atoms with Crippen LogP contribution >= 0.6 is 0 Å². The van der Waals surface area contributed by atoms with Crippen molar-refractivity contribution < 1.29 is 22.7 Å². The van der Waals surface area contributed by atoms with Gasteiger partial charge >= 0.3 is 6.36 Å². The van der Waals surface area contributed by atoms with Crippen LogP contribution in [0.2, 0.25) is 0 Å². The van der Waals surface area contributed by atoms with Gasteiger partial charge in [-0.05, 0) is 0 Å². The molecule has 0 bridgehead atoms. The van der Waals surface area contributed by atoms with Gasteiger partial charge in [-0.25, -0.2) is 0 Å². The largest absolute Gasteiger partial charge is 0.574 e. The molecule has 14 heavy (non-hydrogen) atoms. The van der Waals surface area contributed by atoms with Crippen molar-refractivity contribution in [2.24, 2.45) is 0 Å². The van der Waals surface area contributed by atoms with Crippen LogP contribution < -0.4 is 10.2 Å². The number of pyridine rings is 1. The van der Waals surface area contributed by atoms with Crippen LogP contribution in [-0.2, 0) is 0 Å². The van der Waals surface area contributed by atoms with Crippen molar-refractivity contribution >= 4 is 6.29 Å². The fraction of sp³-hybridized carbons (Fsp3) is 0.143. The van der Waals surface area contributed by atoms with Crippen LogP contribution in [0.3, 0.4) is 0 Å². The first-order valence-electron chi connectivity index (χ1n) is 3.36. The van der Waals surface area contributed by atoms with Crippen molar-refractivity contribution in [2.45, 2.75) is 6.36 Å². The number of aromatic nitrogens is 1. The monoisotopic (exact) mass is 207 g/mol. The molecule has 0 aliphatic heterocycles. The molecule has 76 valence electrons. The molecule has 0 unspecified atom stereocenters. The molecule has 0 saturated carbocycles. The molecular formula is C7H4F3NO3. The topological polar surface area (TPSA) is 59.2 Å². The van der Waals surface area contributed by atoms with E-state index < -0.39 is 17.7 Å². The number of ether oxygens (including phenoxy) is 1. The van der Waals surface area contributed by atoms with Gasteiger partial charge in [0.15, 0.2) is 11.7 Å². The third-order valence-electron chi connectivity index (χ3n) is 1.19. The van der Waals surface area contributed by atoms with Crippen molar-refractivity contribution in [3.05, 3.63) is 28.0 Å². The molecule has 0 aliphatic carbocycles. The Kier molecular flexibility index (Phi) is 2.59. The van der Waals surface area contributed by atoms with Gasteiger partial charge in [0, 0.05) is 12.1 Å². The predicted molar refractivity (Wildman–Crippen MR) is 39.1 cm³/mol. The third-order valence-corrected chi connectivity index (χ3v) is 1.19. The van der Waals surface area contributed by atoms with Gasteiger partial charge in [-0.1, -0.05) is 0 Å². The summed E-state index contributed by atoms with van der Waals surface area (Å²) in [7, 11) is 0. The van der Waals surface area contributed by atoms with Gasteiger partial charge in [-0.3, -0.25) is 9.59 Å². The fourth-order valence-corrected chi connectivity index (χ4v) is 0.782. The van der Waals surface area contributed by atoms with E-state index in [0.29, 0.717) is 6.07 Å². The number of nitrogens with one attached hydrogen (secondary N) is 1. The number of carbonyl (C=O) groups is 1. The smallest absolute Gasteiger partial charge is 0.390 e. The van der Waals surface area contributed by atoms with Gasteiger partial charge < -0.3 is 9.72 Å². The van der Waals surface area contributed by atoms with Gasteiger partial charge in [0.25, 0.3) is 0 Å². The molecule has 0 aliphatic rings. The summed E-state index contributed by atoms with van der Waals surface area (Å²) in [6.07, 6.45) is -4.69. The van der Waals surface area contributed by atoms with Crippen LogP contribution in [0.4, 0.5) is 13.2 Å². The number of aromatic amines is 1. The quantitative estimate of drug-likeness (QED) is 0.738. The highest BCUT2D eigenvalue weighted by molar-refractivity contribution is 5.71. The van der Waals surface area contributed by atoms with Crippen LogP contribution in [-0.4, -0.2) is 17.6 Å². The maximum atomic E-state index is 11.7. The van der Waals surface area contributed by atoms with Crippen LogP contribution in [0.5, 0.6) is 5.88 Å². The molecule has 1 rings (SSSR count). The highest BCUT2D eigenvalue weighted by Gasteiger charge is 2.31. The fourth-order valence-electron chi connectivity index (χ4n) is 0.782. The number of rotatable bonds is 2. The van der Waals surface area contributed by atoms with E-state index in [9.17, 15) is 22.8 Å². The molecule has 0 saturated heterocycles. The summed E-state index contributed by atoms with van der Waals surface area (Å²) >= 11 is 0. The summed E-state index contributed by atoms with van der Waals surface area (Å²) in [4.78, 5) is 22.9. The summed E-state index contributed by atoms with van der Waals surface area (Å²) in [6.45, 7) is 0. The van der Waals surface area contributed by atoms with E-state index in [1.165, 1.54) is 0 Å². The number of H-pyrrole nitrogens is 1. The lowest BCUT2D eigenvalue weighted by Crippen LogP contribution is -2.19. The first-order chi connectivity index (χ1) is 6.40. The van der Waals surface area contributed by atoms with Crippen molar-refractivity contribution in [3.8, 4) is 5.88 Å². The minimum atomic E-state index is -4.90. The molecule has 0 atom stereocenters. The Morgan fingerprint density at radius 1 is 1.36 bits per heavy atom. The summed E-state index contributed by atoms with van der Waals surface area (Å²) in [5.74, 6) is -0.813. The lowest BCUT2D eigenvalue weighted by Gasteiger charge is -2.07. The Balaban J connectivity index is 3.04. The zero-order chi connectivity index (χ0) is 10.8. The Bertz CT molecular complexity index is 396. The number of halogens is 3. The molecule has 0 amide bonds. The molecule has 1 heterocycles. The minimum Gasteiger partial charge on any atom is -0.390 e. The van der Waals surface area contributed by atoms with Gasteiger partial charge in [0.05, 0.1) is 5.69 Å². The van der Waals surface area contributed by atoms with E-state index in [2.05, 4.69) is 4.74 Å². The number of alkyl halides is 3. The van der Waals surface area contributed by atoms with Crippen LogP contribution in [0, 0.1) is 0 Å². The average molecular weight is 207 g/mol. The SMILES string of the molecule is O=Cc1cc(=O)cc(OC(F)(F)F)[nH]1. The standard InChI is InChI=1S/C7H4F3NO3/c8-7(9,10)14-6-2-5(13)1-4(3-12)11-6/h1-3H,(H,11,13). The van der Waals surface area contributed by atoms with Gasteiger partial charge in [-0.15, -0.1) is 13.2 Å². The normalized spacial score (nSPS) is 11.1. The minimum absolute atomic E-state index is 0.213. The zero-order valence-electron chi connectivity index (χ0n) is 6.59. The van der Waals surface area contributed by atoms with E-state index >= 15 is 0 Å². The predicted octanol–water partition coefficient (Wildman–Crippen LogP) is 1.09. The van der Waals surface area contributed by atoms with Crippen LogP contribution in [0.25, 0.3) is 0 Å². The highest BCUT2D eigenvalue weighted by Crippen LogP contribution is 2.19. The Morgan fingerprint density at radius 3 is 2.50 bits per heavy atom. The summed E-state index contributed by atoms with van der Waals surface area (Å²) < 4.78 is 38.4. The molecule has 0 aromatic carbocycles. The van der Waals surface area contributed by atoms with E-state index in [0.717, 1.165) is 6.07 Å². The van der Waals surface area contributed by atoms with E-state index in [1.54, 1.807) is 0 Å². The number of hydrogen-bond acceptors (Lipinski definition) is 3. The number of hydrogen-bond donors (Lipinski definition) is 1. The van der Waals surface area contributed by atoms with Crippen LogP contribution in [0.15, 0.2) is 16.9 Å². The summed E-state index contributed by atoms with van der Waals surface area (Å²) in [5.41, 5.74) is -1.03. The van der Waals surface area contributed by atoms with E-state index in [-0.39, 0.29) is 12.0 Å². The lowest BCUT2D eigenvalue weighted by atomic mass is 10.4. The maximum Gasteiger partial charge on any atom is 0.574 e. The van der Waals surface area contributed by atoms with Crippen molar-refractivity contribution in [1.29, 1.82) is 0 Å². The second-order valence-corrected chi connectivity index (χ2v) is 2.30.